The molecule has 1 aliphatic heterocycles. The van der Waals surface area contributed by atoms with Crippen LogP contribution in [0.3, 0.4) is 0 Å². The van der Waals surface area contributed by atoms with Gasteiger partial charge in [0.1, 0.15) is 6.61 Å². The van der Waals surface area contributed by atoms with Crippen molar-refractivity contribution < 1.29 is 33.4 Å². The molecule has 6 heteroatoms. The van der Waals surface area contributed by atoms with Crippen molar-refractivity contribution >= 4 is 11.6 Å². The molecule has 4 aliphatic carbocycles. The van der Waals surface area contributed by atoms with Gasteiger partial charge in [0.2, 0.25) is 0 Å². The monoisotopic (exact) mass is 421 g/mol. The number of fused-ring (bicyclic) bond motifs is 7. The molecule has 0 amide bonds. The van der Waals surface area contributed by atoms with Crippen LogP contribution in [0.1, 0.15) is 70.3 Å². The van der Waals surface area contributed by atoms with Gasteiger partial charge >= 0.3 is 0 Å². The van der Waals surface area contributed by atoms with Gasteiger partial charge in [-0.1, -0.05) is 19.4 Å². The fraction of sp³-hybridized carbons (Fsp3) is 0.833. The summed E-state index contributed by atoms with van der Waals surface area (Å²) < 4.78 is 40.0. The number of carbonyl (C=O) groups is 2. The van der Waals surface area contributed by atoms with E-state index in [2.05, 4.69) is 0 Å². The molecule has 0 aromatic heterocycles. The molecule has 8 atom stereocenters. The van der Waals surface area contributed by atoms with E-state index < -0.39 is 65.0 Å². The number of allylic oxidation sites excluding steroid dienone is 1. The Morgan fingerprint density at radius 3 is 2.77 bits per heavy atom. The summed E-state index contributed by atoms with van der Waals surface area (Å²) in [6, 6.07) is 0. The summed E-state index contributed by atoms with van der Waals surface area (Å²) in [5, 5.41) is 21.7. The van der Waals surface area contributed by atoms with Crippen molar-refractivity contribution in [3.8, 4) is 0 Å². The zero-order chi connectivity index (χ0) is 24.4. The second-order valence-electron chi connectivity index (χ2n) is 10.7. The Kier molecular flexibility index (Phi) is 3.64. The predicted molar refractivity (Wildman–Crippen MR) is 108 cm³/mol. The molecule has 0 radical (unpaired) electrons. The standard InChI is InChI=1S/C24H34O6/c1-21(2)29-19-10-16-15-6-5-13-9-14(26)7-8-22(13,3)20(15)17(27)11-23(16,4)24(19,30-21)18(28)12-25/h9,15-17,19-20,25,27H,5-8,10-12H2,1-4H3/t15-,16-,17-,19?,20+,22-,23-,24+/m0/s1/i11D2,17D. The van der Waals surface area contributed by atoms with E-state index in [4.69, 9.17) is 10.8 Å². The number of hydrogen-bond donors (Lipinski definition) is 2. The van der Waals surface area contributed by atoms with Gasteiger partial charge in [-0.3, -0.25) is 9.59 Å². The highest BCUT2D eigenvalue weighted by molar-refractivity contribution is 5.92. The largest absolute Gasteiger partial charge is 0.393 e. The van der Waals surface area contributed by atoms with E-state index >= 15 is 0 Å². The molecule has 1 saturated heterocycles. The van der Waals surface area contributed by atoms with Crippen molar-refractivity contribution in [2.45, 2.75) is 89.7 Å². The van der Waals surface area contributed by atoms with Gasteiger partial charge in [-0.05, 0) is 75.1 Å². The van der Waals surface area contributed by atoms with E-state index in [1.165, 1.54) is 0 Å². The van der Waals surface area contributed by atoms with Crippen LogP contribution in [-0.2, 0) is 19.1 Å². The molecule has 5 aliphatic rings. The molecule has 1 unspecified atom stereocenters. The Balaban J connectivity index is 1.72. The number of hydrogen-bond acceptors (Lipinski definition) is 6. The lowest BCUT2D eigenvalue weighted by Crippen LogP contribution is -2.64. The van der Waals surface area contributed by atoms with Crippen molar-refractivity contribution in [3.63, 3.8) is 0 Å². The fourth-order valence-corrected chi connectivity index (χ4v) is 7.66. The van der Waals surface area contributed by atoms with E-state index in [0.29, 0.717) is 32.1 Å². The first-order valence-corrected chi connectivity index (χ1v) is 11.1. The molecule has 1 heterocycles. The summed E-state index contributed by atoms with van der Waals surface area (Å²) in [5.41, 5.74) is -3.20. The molecule has 6 nitrogen and oxygen atoms in total. The molecular weight excluding hydrogens is 384 g/mol. The lowest BCUT2D eigenvalue weighted by molar-refractivity contribution is -0.227. The lowest BCUT2D eigenvalue weighted by atomic mass is 9.45. The molecule has 166 valence electrons. The van der Waals surface area contributed by atoms with Crippen molar-refractivity contribution in [3.05, 3.63) is 11.6 Å². The number of aliphatic hydroxyl groups is 2. The second kappa shape index (κ2) is 6.25. The van der Waals surface area contributed by atoms with Crippen LogP contribution in [0.15, 0.2) is 11.6 Å². The van der Waals surface area contributed by atoms with E-state index in [-0.39, 0.29) is 11.7 Å². The number of rotatable bonds is 2. The Morgan fingerprint density at radius 1 is 1.33 bits per heavy atom. The minimum absolute atomic E-state index is 0.0324. The van der Waals surface area contributed by atoms with Gasteiger partial charge in [0, 0.05) is 14.6 Å². The molecule has 0 spiro atoms. The van der Waals surface area contributed by atoms with Gasteiger partial charge in [-0.2, -0.15) is 0 Å². The van der Waals surface area contributed by atoms with Crippen LogP contribution in [0.25, 0.3) is 0 Å². The highest BCUT2D eigenvalue weighted by atomic mass is 16.8. The van der Waals surface area contributed by atoms with Crippen LogP contribution in [0, 0.1) is 28.6 Å². The summed E-state index contributed by atoms with van der Waals surface area (Å²) in [4.78, 5) is 25.5. The van der Waals surface area contributed by atoms with Crippen molar-refractivity contribution in [2.75, 3.05) is 6.61 Å². The molecule has 2 N–H and O–H groups in total. The van der Waals surface area contributed by atoms with E-state index in [1.54, 1.807) is 26.8 Å². The summed E-state index contributed by atoms with van der Waals surface area (Å²) in [6.45, 7) is 6.01. The van der Waals surface area contributed by atoms with Crippen molar-refractivity contribution in [1.82, 2.24) is 0 Å². The highest BCUT2D eigenvalue weighted by Gasteiger charge is 2.76. The quantitative estimate of drug-likeness (QED) is 0.712. The Morgan fingerprint density at radius 2 is 2.07 bits per heavy atom. The third kappa shape index (κ3) is 2.39. The van der Waals surface area contributed by atoms with Gasteiger partial charge in [0.25, 0.3) is 0 Å². The molecule has 0 bridgehead atoms. The molecule has 5 rings (SSSR count). The fourth-order valence-electron chi connectivity index (χ4n) is 7.66. The van der Waals surface area contributed by atoms with Gasteiger partial charge in [0.05, 0.1) is 13.6 Å². The number of aliphatic hydroxyl groups excluding tert-OH is 1. The maximum absolute atomic E-state index is 13.3. The molecule has 0 aromatic carbocycles. The van der Waals surface area contributed by atoms with Gasteiger partial charge in [-0.15, -0.1) is 0 Å². The first-order chi connectivity index (χ1) is 15.1. The summed E-state index contributed by atoms with van der Waals surface area (Å²) in [7, 11) is 0. The van der Waals surface area contributed by atoms with Crippen LogP contribution in [-0.4, -0.2) is 52.0 Å². The molecule has 4 fully saturated rings. The third-order valence-corrected chi connectivity index (χ3v) is 8.85. The van der Waals surface area contributed by atoms with Crippen molar-refractivity contribution in [1.29, 1.82) is 0 Å². The van der Waals surface area contributed by atoms with E-state index in [9.17, 15) is 22.5 Å². The van der Waals surface area contributed by atoms with Gasteiger partial charge in [0.15, 0.2) is 23.0 Å². The normalized spacial score (nSPS) is 57.1. The Labute approximate surface area is 182 Å². The number of carbonyl (C=O) groups excluding carboxylic acids is 2. The smallest absolute Gasteiger partial charge is 0.193 e. The first kappa shape index (κ1) is 17.5. The van der Waals surface area contributed by atoms with Crippen LogP contribution in [0.4, 0.5) is 0 Å². The third-order valence-electron chi connectivity index (χ3n) is 8.85. The SMILES string of the molecule is [2H]C1([2H])[C@]([2H])(O)[C@H]2[C@@H](CCC3=CC(=O)CC[C@@]32C)[C@@H]2CC3OC(C)(C)O[C@@]3(C(=O)CO)[C@]21C. The Bertz CT molecular complexity index is 960. The van der Waals surface area contributed by atoms with Crippen LogP contribution in [0.2, 0.25) is 0 Å². The molecule has 3 saturated carbocycles. The van der Waals surface area contributed by atoms with E-state index in [1.807, 2.05) is 6.92 Å². The van der Waals surface area contributed by atoms with Crippen LogP contribution >= 0.6 is 0 Å². The van der Waals surface area contributed by atoms with Gasteiger partial charge < -0.3 is 19.7 Å². The van der Waals surface area contributed by atoms with Gasteiger partial charge in [-0.25, -0.2) is 0 Å². The minimum atomic E-state index is -2.57. The highest BCUT2D eigenvalue weighted by Crippen LogP contribution is 2.70. The summed E-state index contributed by atoms with van der Waals surface area (Å²) in [5.74, 6) is -3.23. The van der Waals surface area contributed by atoms with Crippen LogP contribution in [0.5, 0.6) is 0 Å². The first-order valence-electron chi connectivity index (χ1n) is 12.6. The average Bonchev–Trinajstić information content (AvgIpc) is 3.13. The molecule has 0 aromatic rings. The van der Waals surface area contributed by atoms with Crippen molar-refractivity contribution in [2.24, 2.45) is 28.6 Å². The lowest BCUT2D eigenvalue weighted by Gasteiger charge is -2.60. The predicted octanol–water partition coefficient (Wildman–Crippen LogP) is 2.55. The average molecular weight is 422 g/mol. The minimum Gasteiger partial charge on any atom is -0.393 e. The number of ether oxygens (including phenoxy) is 2. The zero-order valence-corrected chi connectivity index (χ0v) is 18.2. The topological polar surface area (TPSA) is 93.1 Å². The number of Topliss-reactive ketones (excluding diaryl/α,β-unsaturated/α-hetero) is 1. The van der Waals surface area contributed by atoms with Crippen LogP contribution < -0.4 is 0 Å². The maximum Gasteiger partial charge on any atom is 0.193 e. The second-order valence-corrected chi connectivity index (χ2v) is 10.7. The van der Waals surface area contributed by atoms with E-state index in [0.717, 1.165) is 5.57 Å². The summed E-state index contributed by atoms with van der Waals surface area (Å²) >= 11 is 0. The maximum atomic E-state index is 13.3. The number of ketones is 2. The molecular formula is C24H34O6. The zero-order valence-electron chi connectivity index (χ0n) is 21.2. The Hall–Kier alpha value is -1.08. The summed E-state index contributed by atoms with van der Waals surface area (Å²) in [6.07, 6.45) is -1.95. The molecule has 30 heavy (non-hydrogen) atoms.